The Kier molecular flexibility index (Phi) is 12.9. The summed E-state index contributed by atoms with van der Waals surface area (Å²) in [6.45, 7) is 19.1. The van der Waals surface area contributed by atoms with E-state index >= 15 is 0 Å². The predicted octanol–water partition coefficient (Wildman–Crippen LogP) is 2.77. The molecule has 0 spiro atoms. The Morgan fingerprint density at radius 2 is 1.90 bits per heavy atom. The van der Waals surface area contributed by atoms with E-state index in [1.54, 1.807) is 0 Å². The average molecular weight is 549 g/mol. The monoisotopic (exact) mass is 548 g/mol. The summed E-state index contributed by atoms with van der Waals surface area (Å²) in [4.78, 5) is 9.89. The van der Waals surface area contributed by atoms with Gasteiger partial charge in [0, 0.05) is 44.8 Å². The molecule has 1 aromatic heterocycles. The number of nitrogens with one attached hydrogen (secondary N) is 2. The van der Waals surface area contributed by atoms with Gasteiger partial charge in [-0.3, -0.25) is 9.80 Å². The number of halogens is 1. The minimum absolute atomic E-state index is 0. The zero-order valence-corrected chi connectivity index (χ0v) is 23.0. The van der Waals surface area contributed by atoms with Crippen molar-refractivity contribution in [2.75, 3.05) is 32.7 Å². The van der Waals surface area contributed by atoms with Gasteiger partial charge in [0.25, 0.3) is 0 Å². The molecule has 31 heavy (non-hydrogen) atoms. The normalized spacial score (nSPS) is 17.6. The lowest BCUT2D eigenvalue weighted by Crippen LogP contribution is -2.45. The summed E-state index contributed by atoms with van der Waals surface area (Å²) >= 11 is 0. The van der Waals surface area contributed by atoms with Crippen LogP contribution in [0.2, 0.25) is 0 Å². The molecule has 9 heteroatoms. The van der Waals surface area contributed by atoms with Crippen molar-refractivity contribution in [1.29, 1.82) is 0 Å². The molecular formula is C22H45IN8. The Hall–Kier alpha value is -0.940. The molecule has 1 fully saturated rings. The lowest BCUT2D eigenvalue weighted by molar-refractivity contribution is 0.173. The molecule has 2 rings (SSSR count). The van der Waals surface area contributed by atoms with Gasteiger partial charge in [-0.15, -0.1) is 34.2 Å². The SMILES string of the molecule is CCN1CCCC1CNC(=NCc1nnc(C)n1C)NCCCN(C(C)C)C(C)C.I. The van der Waals surface area contributed by atoms with Crippen molar-refractivity contribution >= 4 is 29.9 Å². The molecule has 1 atom stereocenters. The van der Waals surface area contributed by atoms with E-state index in [-0.39, 0.29) is 24.0 Å². The third kappa shape index (κ3) is 8.84. The molecule has 1 aromatic rings. The summed E-state index contributed by atoms with van der Waals surface area (Å²) in [5, 5.41) is 15.5. The fourth-order valence-corrected chi connectivity index (χ4v) is 4.25. The maximum absolute atomic E-state index is 4.81. The number of nitrogens with zero attached hydrogens (tertiary/aromatic N) is 6. The topological polar surface area (TPSA) is 73.6 Å². The molecule has 1 unspecified atom stereocenters. The number of likely N-dealkylation sites (N-methyl/N-ethyl adjacent to an activating group) is 1. The quantitative estimate of drug-likeness (QED) is 0.192. The van der Waals surface area contributed by atoms with Crippen LogP contribution in [0.1, 0.15) is 65.5 Å². The van der Waals surface area contributed by atoms with E-state index in [9.17, 15) is 0 Å². The molecule has 1 aliphatic rings. The predicted molar refractivity (Wildman–Crippen MR) is 140 cm³/mol. The van der Waals surface area contributed by atoms with Crippen LogP contribution in [-0.2, 0) is 13.6 Å². The number of likely N-dealkylation sites (tertiary alicyclic amines) is 1. The molecule has 2 N–H and O–H groups in total. The highest BCUT2D eigenvalue weighted by Gasteiger charge is 2.22. The molecule has 0 bridgehead atoms. The number of guanidine groups is 1. The highest BCUT2D eigenvalue weighted by Crippen LogP contribution is 2.15. The second-order valence-electron chi connectivity index (χ2n) is 8.90. The van der Waals surface area contributed by atoms with Crippen LogP contribution in [0.3, 0.4) is 0 Å². The van der Waals surface area contributed by atoms with E-state index in [1.807, 2.05) is 18.5 Å². The van der Waals surface area contributed by atoms with Crippen LogP contribution >= 0.6 is 24.0 Å². The van der Waals surface area contributed by atoms with Crippen LogP contribution in [-0.4, -0.2) is 81.4 Å². The van der Waals surface area contributed by atoms with E-state index < -0.39 is 0 Å². The van der Waals surface area contributed by atoms with E-state index in [0.29, 0.717) is 24.7 Å². The van der Waals surface area contributed by atoms with Crippen LogP contribution in [0.5, 0.6) is 0 Å². The van der Waals surface area contributed by atoms with Crippen molar-refractivity contribution in [2.24, 2.45) is 12.0 Å². The summed E-state index contributed by atoms with van der Waals surface area (Å²) in [7, 11) is 1.99. The molecule has 0 amide bonds. The number of hydrogen-bond donors (Lipinski definition) is 2. The third-order valence-electron chi connectivity index (χ3n) is 6.18. The number of aliphatic imine (C=N–C) groups is 1. The Balaban J connectivity index is 0.00000480. The Labute approximate surface area is 206 Å². The van der Waals surface area contributed by atoms with Gasteiger partial charge in [0.15, 0.2) is 11.8 Å². The Morgan fingerprint density at radius 3 is 2.48 bits per heavy atom. The van der Waals surface area contributed by atoms with Gasteiger partial charge in [-0.05, 0) is 67.0 Å². The van der Waals surface area contributed by atoms with Gasteiger partial charge in [0.2, 0.25) is 0 Å². The van der Waals surface area contributed by atoms with Crippen molar-refractivity contribution in [3.63, 3.8) is 0 Å². The molecule has 0 aromatic carbocycles. The second-order valence-corrected chi connectivity index (χ2v) is 8.90. The fraction of sp³-hybridized carbons (Fsp3) is 0.864. The number of aryl methyl sites for hydroxylation is 1. The largest absolute Gasteiger partial charge is 0.356 e. The molecule has 0 radical (unpaired) electrons. The van der Waals surface area contributed by atoms with Crippen LogP contribution in [0.4, 0.5) is 0 Å². The van der Waals surface area contributed by atoms with Gasteiger partial charge < -0.3 is 15.2 Å². The van der Waals surface area contributed by atoms with Gasteiger partial charge in [0.1, 0.15) is 12.4 Å². The van der Waals surface area contributed by atoms with E-state index in [2.05, 4.69) is 65.2 Å². The van der Waals surface area contributed by atoms with Crippen molar-refractivity contribution in [2.45, 2.75) is 85.5 Å². The Bertz CT molecular complexity index is 650. The molecule has 1 saturated heterocycles. The van der Waals surface area contributed by atoms with Gasteiger partial charge in [-0.1, -0.05) is 6.92 Å². The highest BCUT2D eigenvalue weighted by atomic mass is 127. The van der Waals surface area contributed by atoms with Crippen LogP contribution < -0.4 is 10.6 Å². The van der Waals surface area contributed by atoms with Crippen LogP contribution in [0.15, 0.2) is 4.99 Å². The lowest BCUT2D eigenvalue weighted by atomic mass is 10.2. The zero-order valence-electron chi connectivity index (χ0n) is 20.7. The van der Waals surface area contributed by atoms with Gasteiger partial charge in [0.05, 0.1) is 0 Å². The maximum atomic E-state index is 4.81. The molecule has 8 nitrogen and oxygen atoms in total. The van der Waals surface area contributed by atoms with Gasteiger partial charge in [-0.25, -0.2) is 4.99 Å². The Morgan fingerprint density at radius 1 is 1.19 bits per heavy atom. The van der Waals surface area contributed by atoms with Crippen molar-refractivity contribution in [1.82, 2.24) is 35.2 Å². The first-order chi connectivity index (χ1) is 14.3. The van der Waals surface area contributed by atoms with Crippen LogP contribution in [0.25, 0.3) is 0 Å². The van der Waals surface area contributed by atoms with Crippen molar-refractivity contribution < 1.29 is 0 Å². The van der Waals surface area contributed by atoms with E-state index in [0.717, 1.165) is 50.2 Å². The summed E-state index contributed by atoms with van der Waals surface area (Å²) in [5.41, 5.74) is 0. The molecule has 1 aliphatic heterocycles. The third-order valence-corrected chi connectivity index (χ3v) is 6.18. The zero-order chi connectivity index (χ0) is 22.1. The minimum Gasteiger partial charge on any atom is -0.356 e. The molecule has 0 saturated carbocycles. The number of aromatic nitrogens is 3. The minimum atomic E-state index is 0. The first-order valence-corrected chi connectivity index (χ1v) is 11.7. The molecule has 2 heterocycles. The lowest BCUT2D eigenvalue weighted by Gasteiger charge is -2.30. The first kappa shape index (κ1) is 28.1. The van der Waals surface area contributed by atoms with E-state index in [4.69, 9.17) is 4.99 Å². The summed E-state index contributed by atoms with van der Waals surface area (Å²) in [6.07, 6.45) is 3.64. The summed E-state index contributed by atoms with van der Waals surface area (Å²) < 4.78 is 2.00. The molecule has 0 aliphatic carbocycles. The number of hydrogen-bond acceptors (Lipinski definition) is 5. The van der Waals surface area contributed by atoms with E-state index in [1.165, 1.54) is 19.4 Å². The smallest absolute Gasteiger partial charge is 0.191 e. The van der Waals surface area contributed by atoms with Gasteiger partial charge in [-0.2, -0.15) is 0 Å². The second kappa shape index (κ2) is 14.3. The highest BCUT2D eigenvalue weighted by molar-refractivity contribution is 14.0. The molecular weight excluding hydrogens is 503 g/mol. The van der Waals surface area contributed by atoms with Gasteiger partial charge >= 0.3 is 0 Å². The van der Waals surface area contributed by atoms with Crippen LogP contribution in [0, 0.1) is 6.92 Å². The number of rotatable bonds is 11. The maximum Gasteiger partial charge on any atom is 0.191 e. The standard InChI is InChI=1S/C22H44N8.HI/c1-8-29-13-9-11-20(29)15-24-22(25-16-21-27-26-19(6)28(21)7)23-12-10-14-30(17(2)3)18(4)5;/h17-18,20H,8-16H2,1-7H3,(H2,23,24,25);1H. The first-order valence-electron chi connectivity index (χ1n) is 11.7. The molecule has 180 valence electrons. The average Bonchev–Trinajstić information content (AvgIpc) is 3.29. The fourth-order valence-electron chi connectivity index (χ4n) is 4.25. The summed E-state index contributed by atoms with van der Waals surface area (Å²) in [5.74, 6) is 2.67. The van der Waals surface area contributed by atoms with Crippen molar-refractivity contribution in [3.05, 3.63) is 11.6 Å². The summed E-state index contributed by atoms with van der Waals surface area (Å²) in [6, 6.07) is 1.73. The van der Waals surface area contributed by atoms with Crippen molar-refractivity contribution in [3.8, 4) is 0 Å².